The lowest BCUT2D eigenvalue weighted by Crippen LogP contribution is -2.01. The van der Waals surface area contributed by atoms with E-state index in [9.17, 15) is 9.59 Å². The van der Waals surface area contributed by atoms with Crippen LogP contribution in [0.4, 0.5) is 0 Å². The molecule has 0 aliphatic heterocycles. The Morgan fingerprint density at radius 1 is 1.20 bits per heavy atom. The summed E-state index contributed by atoms with van der Waals surface area (Å²) < 4.78 is 9.00. The third-order valence-corrected chi connectivity index (χ3v) is 1.59. The average molecular weight is 206 g/mol. The Kier molecular flexibility index (Phi) is 4.09. The number of ether oxygens (including phenoxy) is 2. The highest BCUT2D eigenvalue weighted by atomic mass is 16.5. The van der Waals surface area contributed by atoms with Gasteiger partial charge in [-0.25, -0.2) is 9.59 Å². The standard InChI is InChI=1S/C11H10O4/c1-14-10(12)7-8-15-11(13)9-5-3-2-4-6-9/h2-8H,1H3. The largest absolute Gasteiger partial charge is 0.466 e. The Hall–Kier alpha value is -2.10. The van der Waals surface area contributed by atoms with Crippen molar-refractivity contribution in [2.45, 2.75) is 0 Å². The van der Waals surface area contributed by atoms with E-state index in [1.807, 2.05) is 0 Å². The molecule has 0 N–H and O–H groups in total. The summed E-state index contributed by atoms with van der Waals surface area (Å²) in [6, 6.07) is 8.48. The van der Waals surface area contributed by atoms with Crippen LogP contribution >= 0.6 is 0 Å². The fourth-order valence-electron chi connectivity index (χ4n) is 0.862. The van der Waals surface area contributed by atoms with Gasteiger partial charge in [-0.05, 0) is 12.1 Å². The van der Waals surface area contributed by atoms with Crippen molar-refractivity contribution >= 4 is 11.9 Å². The van der Waals surface area contributed by atoms with Gasteiger partial charge in [0.1, 0.15) is 6.26 Å². The zero-order chi connectivity index (χ0) is 11.1. The Morgan fingerprint density at radius 3 is 2.47 bits per heavy atom. The lowest BCUT2D eigenvalue weighted by molar-refractivity contribution is -0.134. The van der Waals surface area contributed by atoms with Crippen molar-refractivity contribution in [1.82, 2.24) is 0 Å². The van der Waals surface area contributed by atoms with Gasteiger partial charge in [0.2, 0.25) is 0 Å². The molecule has 4 heteroatoms. The van der Waals surface area contributed by atoms with Crippen molar-refractivity contribution in [1.29, 1.82) is 0 Å². The summed E-state index contributed by atoms with van der Waals surface area (Å²) in [5.41, 5.74) is 0.423. The Bertz CT molecular complexity index is 367. The molecule has 0 radical (unpaired) electrons. The van der Waals surface area contributed by atoms with Gasteiger partial charge in [0.05, 0.1) is 18.7 Å². The zero-order valence-electron chi connectivity index (χ0n) is 8.17. The summed E-state index contributed by atoms with van der Waals surface area (Å²) in [6.45, 7) is 0. The van der Waals surface area contributed by atoms with Crippen LogP contribution in [0.3, 0.4) is 0 Å². The van der Waals surface area contributed by atoms with E-state index in [0.29, 0.717) is 5.56 Å². The Morgan fingerprint density at radius 2 is 1.87 bits per heavy atom. The van der Waals surface area contributed by atoms with E-state index in [0.717, 1.165) is 12.3 Å². The summed E-state index contributed by atoms with van der Waals surface area (Å²) in [4.78, 5) is 21.9. The zero-order valence-corrected chi connectivity index (χ0v) is 8.17. The molecule has 0 aliphatic rings. The van der Waals surface area contributed by atoms with E-state index in [1.54, 1.807) is 30.3 Å². The first-order valence-electron chi connectivity index (χ1n) is 4.24. The molecule has 0 aliphatic carbocycles. The van der Waals surface area contributed by atoms with Crippen LogP contribution in [0.2, 0.25) is 0 Å². The van der Waals surface area contributed by atoms with Gasteiger partial charge < -0.3 is 9.47 Å². The number of methoxy groups -OCH3 is 1. The Balaban J connectivity index is 2.51. The highest BCUT2D eigenvalue weighted by molar-refractivity contribution is 5.90. The molecule has 0 atom stereocenters. The highest BCUT2D eigenvalue weighted by Crippen LogP contribution is 2.00. The van der Waals surface area contributed by atoms with Gasteiger partial charge in [-0.1, -0.05) is 18.2 Å². The molecule has 78 valence electrons. The molecule has 15 heavy (non-hydrogen) atoms. The van der Waals surface area contributed by atoms with Crippen LogP contribution in [0.5, 0.6) is 0 Å². The number of hydrogen-bond acceptors (Lipinski definition) is 4. The molecule has 0 fully saturated rings. The minimum absolute atomic E-state index is 0.423. The third kappa shape index (κ3) is 3.64. The summed E-state index contributed by atoms with van der Waals surface area (Å²) in [6.07, 6.45) is 2.03. The van der Waals surface area contributed by atoms with Crippen molar-refractivity contribution in [3.05, 3.63) is 48.2 Å². The van der Waals surface area contributed by atoms with Crippen molar-refractivity contribution in [3.8, 4) is 0 Å². The first kappa shape index (κ1) is 11.0. The van der Waals surface area contributed by atoms with E-state index in [4.69, 9.17) is 0 Å². The smallest absolute Gasteiger partial charge is 0.342 e. The predicted octanol–water partition coefficient (Wildman–Crippen LogP) is 1.53. The van der Waals surface area contributed by atoms with Crippen LogP contribution in [0.1, 0.15) is 10.4 Å². The molecule has 0 heterocycles. The molecule has 0 saturated heterocycles. The van der Waals surface area contributed by atoms with E-state index >= 15 is 0 Å². The number of hydrogen-bond donors (Lipinski definition) is 0. The van der Waals surface area contributed by atoms with Gasteiger partial charge in [0, 0.05) is 0 Å². The minimum Gasteiger partial charge on any atom is -0.466 e. The normalized spacial score (nSPS) is 9.93. The van der Waals surface area contributed by atoms with E-state index in [-0.39, 0.29) is 0 Å². The number of esters is 2. The average Bonchev–Trinajstić information content (AvgIpc) is 2.29. The maximum Gasteiger partial charge on any atom is 0.342 e. The van der Waals surface area contributed by atoms with E-state index < -0.39 is 11.9 Å². The first-order chi connectivity index (χ1) is 7.24. The van der Waals surface area contributed by atoms with Gasteiger partial charge in [0.25, 0.3) is 0 Å². The van der Waals surface area contributed by atoms with Gasteiger partial charge in [0.15, 0.2) is 0 Å². The van der Waals surface area contributed by atoms with Crippen LogP contribution in [-0.4, -0.2) is 19.0 Å². The van der Waals surface area contributed by atoms with Crippen LogP contribution in [0.25, 0.3) is 0 Å². The van der Waals surface area contributed by atoms with E-state index in [1.165, 1.54) is 7.11 Å². The number of carbonyl (C=O) groups is 2. The van der Waals surface area contributed by atoms with Crippen LogP contribution in [0.15, 0.2) is 42.7 Å². The predicted molar refractivity (Wildman–Crippen MR) is 53.0 cm³/mol. The molecule has 1 rings (SSSR count). The van der Waals surface area contributed by atoms with Crippen LogP contribution in [-0.2, 0) is 14.3 Å². The lowest BCUT2D eigenvalue weighted by atomic mass is 10.2. The topological polar surface area (TPSA) is 52.6 Å². The van der Waals surface area contributed by atoms with Gasteiger partial charge in [-0.15, -0.1) is 0 Å². The maximum atomic E-state index is 11.3. The monoisotopic (exact) mass is 206 g/mol. The van der Waals surface area contributed by atoms with Crippen molar-refractivity contribution in [2.24, 2.45) is 0 Å². The molecule has 4 nitrogen and oxygen atoms in total. The molecule has 0 amide bonds. The molecular formula is C11H10O4. The molecule has 0 aromatic heterocycles. The van der Waals surface area contributed by atoms with Crippen molar-refractivity contribution < 1.29 is 19.1 Å². The van der Waals surface area contributed by atoms with Gasteiger partial charge >= 0.3 is 11.9 Å². The van der Waals surface area contributed by atoms with Crippen molar-refractivity contribution in [3.63, 3.8) is 0 Å². The molecule has 0 saturated carbocycles. The first-order valence-corrected chi connectivity index (χ1v) is 4.24. The molecule has 1 aromatic rings. The second-order valence-corrected chi connectivity index (χ2v) is 2.60. The molecular weight excluding hydrogens is 196 g/mol. The van der Waals surface area contributed by atoms with Crippen LogP contribution < -0.4 is 0 Å². The second-order valence-electron chi connectivity index (χ2n) is 2.60. The summed E-state index contributed by atoms with van der Waals surface area (Å²) in [5, 5.41) is 0. The SMILES string of the molecule is COC(=O)C=COC(=O)c1ccccc1. The highest BCUT2D eigenvalue weighted by Gasteiger charge is 2.03. The quantitative estimate of drug-likeness (QED) is 0.427. The Labute approximate surface area is 87.1 Å². The van der Waals surface area contributed by atoms with E-state index in [2.05, 4.69) is 9.47 Å². The summed E-state index contributed by atoms with van der Waals surface area (Å²) in [5.74, 6) is -1.09. The molecule has 0 spiro atoms. The minimum atomic E-state index is -0.573. The van der Waals surface area contributed by atoms with Gasteiger partial charge in [-0.3, -0.25) is 0 Å². The number of rotatable bonds is 3. The fraction of sp³-hybridized carbons (Fsp3) is 0.0909. The molecule has 0 bridgehead atoms. The van der Waals surface area contributed by atoms with Crippen molar-refractivity contribution in [2.75, 3.05) is 7.11 Å². The maximum absolute atomic E-state index is 11.3. The number of benzene rings is 1. The lowest BCUT2D eigenvalue weighted by Gasteiger charge is -1.97. The number of carbonyl (C=O) groups excluding carboxylic acids is 2. The molecule has 0 unspecified atom stereocenters. The third-order valence-electron chi connectivity index (χ3n) is 1.59. The summed E-state index contributed by atoms with van der Waals surface area (Å²) in [7, 11) is 1.24. The van der Waals surface area contributed by atoms with Crippen LogP contribution in [0, 0.1) is 0 Å². The summed E-state index contributed by atoms with van der Waals surface area (Å²) >= 11 is 0. The molecule has 1 aromatic carbocycles. The second kappa shape index (κ2) is 5.59. The van der Waals surface area contributed by atoms with Gasteiger partial charge in [-0.2, -0.15) is 0 Å². The fourth-order valence-corrected chi connectivity index (χ4v) is 0.862.